The average Bonchev–Trinajstić information content (AvgIpc) is 2.81. The highest BCUT2D eigenvalue weighted by atomic mass is 35.5. The third-order valence-electron chi connectivity index (χ3n) is 4.18. The van der Waals surface area contributed by atoms with Gasteiger partial charge < -0.3 is 5.32 Å². The highest BCUT2D eigenvalue weighted by Gasteiger charge is 2.34. The summed E-state index contributed by atoms with van der Waals surface area (Å²) in [6, 6.07) is 8.29. The van der Waals surface area contributed by atoms with E-state index < -0.39 is 0 Å². The Bertz CT molecular complexity index is 645. The van der Waals surface area contributed by atoms with E-state index in [1.165, 1.54) is 11.3 Å². The molecule has 3 nitrogen and oxygen atoms in total. The number of aromatic nitrogens is 2. The van der Waals surface area contributed by atoms with E-state index in [1.807, 2.05) is 29.1 Å². The Kier molecular flexibility index (Phi) is 3.80. The fourth-order valence-corrected chi connectivity index (χ4v) is 3.49. The largest absolute Gasteiger partial charge is 0.310 e. The summed E-state index contributed by atoms with van der Waals surface area (Å²) in [6.07, 6.45) is 4.20. The fourth-order valence-electron chi connectivity index (χ4n) is 3.30. The lowest BCUT2D eigenvalue weighted by molar-refractivity contribution is 0.255. The molecule has 0 saturated carbocycles. The zero-order chi connectivity index (χ0) is 15.0. The predicted octanol–water partition coefficient (Wildman–Crippen LogP) is 4.15. The van der Waals surface area contributed by atoms with Crippen molar-refractivity contribution in [2.75, 3.05) is 6.54 Å². The molecule has 0 fully saturated rings. The van der Waals surface area contributed by atoms with Gasteiger partial charge in [-0.1, -0.05) is 38.4 Å². The van der Waals surface area contributed by atoms with Crippen molar-refractivity contribution in [3.05, 3.63) is 46.7 Å². The topological polar surface area (TPSA) is 29.9 Å². The van der Waals surface area contributed by atoms with Gasteiger partial charge in [-0.2, -0.15) is 5.10 Å². The first kappa shape index (κ1) is 14.6. The maximum atomic E-state index is 6.13. The lowest BCUT2D eigenvalue weighted by Crippen LogP contribution is -2.33. The molecule has 1 N–H and O–H groups in total. The molecule has 1 unspecified atom stereocenters. The van der Waals surface area contributed by atoms with Gasteiger partial charge in [-0.05, 0) is 43.0 Å². The third-order valence-corrected chi connectivity index (χ3v) is 4.42. The quantitative estimate of drug-likeness (QED) is 0.923. The second kappa shape index (κ2) is 5.47. The molecule has 1 aromatic carbocycles. The van der Waals surface area contributed by atoms with Crippen molar-refractivity contribution in [3.63, 3.8) is 0 Å². The highest BCUT2D eigenvalue weighted by Crippen LogP contribution is 2.41. The number of fused-ring (bicyclic) bond motifs is 1. The molecule has 1 atom stereocenters. The zero-order valence-corrected chi connectivity index (χ0v) is 13.6. The minimum atomic E-state index is 0.274. The van der Waals surface area contributed by atoms with Crippen LogP contribution in [0.5, 0.6) is 0 Å². The summed E-state index contributed by atoms with van der Waals surface area (Å²) in [5.74, 6) is 0. The molecule has 3 rings (SSSR count). The van der Waals surface area contributed by atoms with Gasteiger partial charge in [0, 0.05) is 22.3 Å². The lowest BCUT2D eigenvalue weighted by Gasteiger charge is -2.36. The molecular weight excluding hydrogens is 282 g/mol. The van der Waals surface area contributed by atoms with E-state index in [4.69, 9.17) is 11.6 Å². The minimum Gasteiger partial charge on any atom is -0.310 e. The smallest absolute Gasteiger partial charge is 0.0663 e. The monoisotopic (exact) mass is 303 g/mol. The summed E-state index contributed by atoms with van der Waals surface area (Å²) in [5, 5.41) is 8.96. The van der Waals surface area contributed by atoms with Crippen LogP contribution >= 0.6 is 11.6 Å². The Morgan fingerprint density at radius 2 is 2.24 bits per heavy atom. The molecular formula is C17H22ClN3. The molecule has 112 valence electrons. The van der Waals surface area contributed by atoms with Crippen LogP contribution in [0.4, 0.5) is 0 Å². The van der Waals surface area contributed by atoms with Crippen LogP contribution in [-0.4, -0.2) is 16.3 Å². The molecule has 0 radical (unpaired) electrons. The number of nitrogens with zero attached hydrogens (tertiary/aromatic N) is 2. The Balaban J connectivity index is 2.07. The van der Waals surface area contributed by atoms with Crippen LogP contribution in [-0.2, 0) is 6.42 Å². The minimum absolute atomic E-state index is 0.274. The summed E-state index contributed by atoms with van der Waals surface area (Å²) >= 11 is 6.13. The number of hydrogen-bond donors (Lipinski definition) is 1. The van der Waals surface area contributed by atoms with Crippen LogP contribution in [0, 0.1) is 5.41 Å². The van der Waals surface area contributed by atoms with E-state index in [9.17, 15) is 0 Å². The summed E-state index contributed by atoms with van der Waals surface area (Å²) in [6.45, 7) is 7.79. The molecule has 1 aromatic heterocycles. The van der Waals surface area contributed by atoms with Crippen molar-refractivity contribution in [2.24, 2.45) is 5.41 Å². The first-order valence-corrected chi connectivity index (χ1v) is 7.94. The Hall–Kier alpha value is -1.32. The predicted molar refractivity (Wildman–Crippen MR) is 87.1 cm³/mol. The second-order valence-corrected chi connectivity index (χ2v) is 7.03. The summed E-state index contributed by atoms with van der Waals surface area (Å²) in [4.78, 5) is 0. The molecule has 0 amide bonds. The van der Waals surface area contributed by atoms with Crippen LogP contribution in [0.1, 0.15) is 44.5 Å². The molecule has 2 aromatic rings. The third kappa shape index (κ3) is 2.85. The Morgan fingerprint density at radius 3 is 2.95 bits per heavy atom. The number of hydrogen-bond acceptors (Lipinski definition) is 2. The zero-order valence-electron chi connectivity index (χ0n) is 12.9. The van der Waals surface area contributed by atoms with Gasteiger partial charge in [0.05, 0.1) is 11.9 Å². The molecule has 1 aliphatic carbocycles. The maximum absolute atomic E-state index is 6.13. The van der Waals surface area contributed by atoms with Crippen molar-refractivity contribution in [1.29, 1.82) is 0 Å². The summed E-state index contributed by atoms with van der Waals surface area (Å²) < 4.78 is 2.05. The summed E-state index contributed by atoms with van der Waals surface area (Å²) in [7, 11) is 0. The van der Waals surface area contributed by atoms with Crippen molar-refractivity contribution >= 4 is 11.6 Å². The molecule has 21 heavy (non-hydrogen) atoms. The van der Waals surface area contributed by atoms with Gasteiger partial charge >= 0.3 is 0 Å². The lowest BCUT2D eigenvalue weighted by atomic mass is 9.74. The maximum Gasteiger partial charge on any atom is 0.0663 e. The molecule has 0 spiro atoms. The van der Waals surface area contributed by atoms with E-state index in [0.29, 0.717) is 6.04 Å². The standard InChI is InChI=1S/C17H22ClN3/c1-4-19-15-9-17(2,3)10-16-14(15)11-20-21(16)13-7-5-6-12(18)8-13/h5-8,11,15,19H,4,9-10H2,1-3H3. The van der Waals surface area contributed by atoms with Crippen LogP contribution in [0.2, 0.25) is 5.02 Å². The highest BCUT2D eigenvalue weighted by molar-refractivity contribution is 6.30. The van der Waals surface area contributed by atoms with Gasteiger partial charge in [-0.15, -0.1) is 0 Å². The number of nitrogens with one attached hydrogen (secondary N) is 1. The van der Waals surface area contributed by atoms with E-state index in [-0.39, 0.29) is 5.41 Å². The molecule has 1 aliphatic rings. The van der Waals surface area contributed by atoms with Crippen LogP contribution in [0.25, 0.3) is 5.69 Å². The van der Waals surface area contributed by atoms with Gasteiger partial charge in [0.2, 0.25) is 0 Å². The first-order valence-electron chi connectivity index (χ1n) is 7.56. The van der Waals surface area contributed by atoms with Gasteiger partial charge in [0.1, 0.15) is 0 Å². The number of halogens is 1. The van der Waals surface area contributed by atoms with E-state index >= 15 is 0 Å². The van der Waals surface area contributed by atoms with E-state index in [0.717, 1.165) is 30.1 Å². The van der Waals surface area contributed by atoms with Crippen LogP contribution in [0.15, 0.2) is 30.5 Å². The Morgan fingerprint density at radius 1 is 1.43 bits per heavy atom. The molecule has 4 heteroatoms. The van der Waals surface area contributed by atoms with Crippen LogP contribution in [0.3, 0.4) is 0 Å². The summed E-state index contributed by atoms with van der Waals surface area (Å²) in [5.41, 5.74) is 3.95. The van der Waals surface area contributed by atoms with Gasteiger partial charge in [0.25, 0.3) is 0 Å². The van der Waals surface area contributed by atoms with Crippen molar-refractivity contribution in [2.45, 2.75) is 39.7 Å². The molecule has 0 bridgehead atoms. The molecule has 0 saturated heterocycles. The normalized spacial score (nSPS) is 20.3. The average molecular weight is 304 g/mol. The fraction of sp³-hybridized carbons (Fsp3) is 0.471. The van der Waals surface area contributed by atoms with E-state index in [2.05, 4.69) is 37.3 Å². The first-order chi connectivity index (χ1) is 10.00. The SMILES string of the molecule is CCNC1CC(C)(C)Cc2c1cnn2-c1cccc(Cl)c1. The van der Waals surface area contributed by atoms with Gasteiger partial charge in [-0.3, -0.25) is 0 Å². The Labute approximate surface area is 131 Å². The second-order valence-electron chi connectivity index (χ2n) is 6.59. The van der Waals surface area contributed by atoms with Crippen LogP contribution < -0.4 is 5.32 Å². The van der Waals surface area contributed by atoms with E-state index in [1.54, 1.807) is 0 Å². The number of benzene rings is 1. The van der Waals surface area contributed by atoms with Gasteiger partial charge in [0.15, 0.2) is 0 Å². The number of rotatable bonds is 3. The van der Waals surface area contributed by atoms with Gasteiger partial charge in [-0.25, -0.2) is 4.68 Å². The van der Waals surface area contributed by atoms with Crippen molar-refractivity contribution in [3.8, 4) is 5.69 Å². The molecule has 0 aliphatic heterocycles. The molecule has 1 heterocycles. The van der Waals surface area contributed by atoms with Crippen molar-refractivity contribution < 1.29 is 0 Å². The van der Waals surface area contributed by atoms with Crippen molar-refractivity contribution in [1.82, 2.24) is 15.1 Å².